The van der Waals surface area contributed by atoms with Gasteiger partial charge in [-0.25, -0.2) is 4.79 Å². The molecule has 23 heavy (non-hydrogen) atoms. The molecule has 0 saturated heterocycles. The highest BCUT2D eigenvalue weighted by Gasteiger charge is 2.22. The van der Waals surface area contributed by atoms with E-state index in [1.54, 1.807) is 43.5 Å². The fourth-order valence-electron chi connectivity index (χ4n) is 2.52. The first-order valence-corrected chi connectivity index (χ1v) is 7.07. The molecule has 3 rings (SSSR count). The van der Waals surface area contributed by atoms with Crippen molar-refractivity contribution in [2.75, 3.05) is 6.61 Å². The maximum absolute atomic E-state index is 12.9. The molecule has 0 saturated carbocycles. The number of nitriles is 1. The van der Waals surface area contributed by atoms with Crippen LogP contribution in [0.5, 0.6) is 0 Å². The fourth-order valence-corrected chi connectivity index (χ4v) is 2.52. The summed E-state index contributed by atoms with van der Waals surface area (Å²) in [6.45, 7) is 1.82. The number of aromatic nitrogens is 2. The summed E-state index contributed by atoms with van der Waals surface area (Å²) in [6.07, 6.45) is 1.69. The van der Waals surface area contributed by atoms with Gasteiger partial charge in [0.15, 0.2) is 0 Å². The Morgan fingerprint density at radius 1 is 1.30 bits per heavy atom. The summed E-state index contributed by atoms with van der Waals surface area (Å²) < 4.78 is 5.01. The first-order chi connectivity index (χ1) is 11.2. The van der Waals surface area contributed by atoms with Gasteiger partial charge in [-0.1, -0.05) is 6.07 Å². The van der Waals surface area contributed by atoms with Crippen LogP contribution in [0.25, 0.3) is 22.3 Å². The van der Waals surface area contributed by atoms with Crippen LogP contribution in [0.15, 0.2) is 41.3 Å². The van der Waals surface area contributed by atoms with E-state index < -0.39 is 11.4 Å². The highest BCUT2D eigenvalue weighted by molar-refractivity contribution is 6.01. The molecule has 0 bridgehead atoms. The van der Waals surface area contributed by atoms with Gasteiger partial charge in [-0.05, 0) is 31.2 Å². The number of H-pyrrole nitrogens is 2. The molecule has 0 amide bonds. The Morgan fingerprint density at radius 3 is 2.78 bits per heavy atom. The second-order valence-electron chi connectivity index (χ2n) is 4.85. The number of benzene rings is 1. The second-order valence-corrected chi connectivity index (χ2v) is 4.85. The Balaban J connectivity index is 2.43. The zero-order chi connectivity index (χ0) is 16.4. The minimum Gasteiger partial charge on any atom is -0.462 e. The number of hydrogen-bond acceptors (Lipinski definition) is 4. The molecule has 0 atom stereocenters. The van der Waals surface area contributed by atoms with Crippen LogP contribution in [-0.2, 0) is 4.74 Å². The summed E-state index contributed by atoms with van der Waals surface area (Å²) in [5.41, 5.74) is 1.03. The van der Waals surface area contributed by atoms with E-state index in [1.165, 1.54) is 0 Å². The predicted molar refractivity (Wildman–Crippen MR) is 85.0 cm³/mol. The molecule has 0 aliphatic heterocycles. The molecule has 114 valence electrons. The SMILES string of the molecule is CCOC(=O)c1c(-c2ccc[nH]2)[nH]c2cccc(C#N)c2c1=O. The van der Waals surface area contributed by atoms with Crippen molar-refractivity contribution >= 4 is 16.9 Å². The molecule has 2 N–H and O–H groups in total. The lowest BCUT2D eigenvalue weighted by Gasteiger charge is -2.10. The Labute approximate surface area is 131 Å². The van der Waals surface area contributed by atoms with E-state index in [2.05, 4.69) is 9.97 Å². The number of carbonyl (C=O) groups is 1. The Bertz CT molecular complexity index is 979. The molecule has 0 aliphatic rings. The summed E-state index contributed by atoms with van der Waals surface area (Å²) in [4.78, 5) is 31.2. The van der Waals surface area contributed by atoms with Gasteiger partial charge in [-0.2, -0.15) is 5.26 Å². The van der Waals surface area contributed by atoms with E-state index in [4.69, 9.17) is 4.74 Å². The summed E-state index contributed by atoms with van der Waals surface area (Å²) >= 11 is 0. The molecular formula is C17H13N3O3. The molecule has 6 heteroatoms. The topological polar surface area (TPSA) is 98.7 Å². The van der Waals surface area contributed by atoms with E-state index >= 15 is 0 Å². The van der Waals surface area contributed by atoms with Crippen LogP contribution < -0.4 is 5.43 Å². The lowest BCUT2D eigenvalue weighted by molar-refractivity contribution is 0.0525. The van der Waals surface area contributed by atoms with Gasteiger partial charge < -0.3 is 14.7 Å². The molecule has 0 aliphatic carbocycles. The maximum Gasteiger partial charge on any atom is 0.344 e. The van der Waals surface area contributed by atoms with Gasteiger partial charge >= 0.3 is 5.97 Å². The number of esters is 1. The van der Waals surface area contributed by atoms with Gasteiger partial charge in [0.2, 0.25) is 5.43 Å². The number of carbonyl (C=O) groups excluding carboxylic acids is 1. The van der Waals surface area contributed by atoms with Crippen LogP contribution in [0.3, 0.4) is 0 Å². The summed E-state index contributed by atoms with van der Waals surface area (Å²) in [6, 6.07) is 10.4. The molecule has 0 unspecified atom stereocenters. The minimum atomic E-state index is -0.715. The number of aromatic amines is 2. The molecule has 6 nitrogen and oxygen atoms in total. The van der Waals surface area contributed by atoms with Crippen molar-refractivity contribution in [3.8, 4) is 17.5 Å². The number of ether oxygens (including phenoxy) is 1. The van der Waals surface area contributed by atoms with E-state index in [0.717, 1.165) is 0 Å². The van der Waals surface area contributed by atoms with Crippen molar-refractivity contribution in [2.24, 2.45) is 0 Å². The van der Waals surface area contributed by atoms with Crippen molar-refractivity contribution in [1.82, 2.24) is 9.97 Å². The molecule has 0 spiro atoms. The van der Waals surface area contributed by atoms with Crippen LogP contribution in [-0.4, -0.2) is 22.5 Å². The average Bonchev–Trinajstić information content (AvgIpc) is 3.08. The molecule has 0 fully saturated rings. The Kier molecular flexibility index (Phi) is 3.69. The number of hydrogen-bond donors (Lipinski definition) is 2. The first-order valence-electron chi connectivity index (χ1n) is 7.07. The average molecular weight is 307 g/mol. The van der Waals surface area contributed by atoms with Crippen LogP contribution in [0.4, 0.5) is 0 Å². The van der Waals surface area contributed by atoms with Gasteiger partial charge in [0.1, 0.15) is 5.56 Å². The Morgan fingerprint density at radius 2 is 2.13 bits per heavy atom. The highest BCUT2D eigenvalue weighted by Crippen LogP contribution is 2.23. The number of nitrogens with one attached hydrogen (secondary N) is 2. The van der Waals surface area contributed by atoms with E-state index in [-0.39, 0.29) is 23.1 Å². The van der Waals surface area contributed by atoms with Crippen LogP contribution in [0.1, 0.15) is 22.8 Å². The number of nitrogens with zero attached hydrogens (tertiary/aromatic N) is 1. The standard InChI is InChI=1S/C17H13N3O3/c1-2-23-17(22)14-15(12-7-4-8-19-12)20-11-6-3-5-10(9-18)13(11)16(14)21/h3-8,19H,2H2,1H3,(H,20,21). The van der Waals surface area contributed by atoms with Crippen LogP contribution in [0.2, 0.25) is 0 Å². The predicted octanol–water partition coefficient (Wildman–Crippen LogP) is 2.57. The van der Waals surface area contributed by atoms with Crippen molar-refractivity contribution in [3.63, 3.8) is 0 Å². The smallest absolute Gasteiger partial charge is 0.344 e. The Hall–Kier alpha value is -3.33. The van der Waals surface area contributed by atoms with E-state index in [0.29, 0.717) is 16.9 Å². The van der Waals surface area contributed by atoms with Gasteiger partial charge in [0.05, 0.1) is 40.5 Å². The van der Waals surface area contributed by atoms with E-state index in [9.17, 15) is 14.9 Å². The fraction of sp³-hybridized carbons (Fsp3) is 0.118. The van der Waals surface area contributed by atoms with Crippen LogP contribution >= 0.6 is 0 Å². The third kappa shape index (κ3) is 2.38. The van der Waals surface area contributed by atoms with Crippen molar-refractivity contribution in [2.45, 2.75) is 6.92 Å². The maximum atomic E-state index is 12.9. The molecule has 2 heterocycles. The monoisotopic (exact) mass is 307 g/mol. The second kappa shape index (κ2) is 5.81. The quantitative estimate of drug-likeness (QED) is 0.726. The lowest BCUT2D eigenvalue weighted by Crippen LogP contribution is -2.21. The van der Waals surface area contributed by atoms with Gasteiger partial charge in [0.25, 0.3) is 0 Å². The largest absolute Gasteiger partial charge is 0.462 e. The zero-order valence-electron chi connectivity index (χ0n) is 12.3. The molecule has 3 aromatic rings. The van der Waals surface area contributed by atoms with Crippen LogP contribution in [0, 0.1) is 11.3 Å². The molecule has 2 aromatic heterocycles. The third-order valence-corrected chi connectivity index (χ3v) is 3.50. The van der Waals surface area contributed by atoms with E-state index in [1.807, 2.05) is 6.07 Å². The normalized spacial score (nSPS) is 10.4. The zero-order valence-corrected chi connectivity index (χ0v) is 12.3. The van der Waals surface area contributed by atoms with Crippen molar-refractivity contribution in [3.05, 3.63) is 57.9 Å². The third-order valence-electron chi connectivity index (χ3n) is 3.50. The molecular weight excluding hydrogens is 294 g/mol. The highest BCUT2D eigenvalue weighted by atomic mass is 16.5. The molecule has 0 radical (unpaired) electrons. The number of fused-ring (bicyclic) bond motifs is 1. The first kappa shape index (κ1) is 14.6. The summed E-state index contributed by atoms with van der Waals surface area (Å²) in [5, 5.41) is 9.41. The minimum absolute atomic E-state index is 0.107. The van der Waals surface area contributed by atoms with Gasteiger partial charge in [-0.15, -0.1) is 0 Å². The van der Waals surface area contributed by atoms with Gasteiger partial charge in [-0.3, -0.25) is 4.79 Å². The summed E-state index contributed by atoms with van der Waals surface area (Å²) in [7, 11) is 0. The summed E-state index contributed by atoms with van der Waals surface area (Å²) in [5.74, 6) is -0.715. The molecule has 1 aromatic carbocycles. The van der Waals surface area contributed by atoms with Crippen molar-refractivity contribution < 1.29 is 9.53 Å². The number of rotatable bonds is 3. The number of pyridine rings is 1. The van der Waals surface area contributed by atoms with Crippen molar-refractivity contribution in [1.29, 1.82) is 5.26 Å². The lowest BCUT2D eigenvalue weighted by atomic mass is 10.0. The van der Waals surface area contributed by atoms with Gasteiger partial charge in [0, 0.05) is 6.20 Å².